The Bertz CT molecular complexity index is 1290. The van der Waals surface area contributed by atoms with Crippen LogP contribution in [0.5, 0.6) is 0 Å². The van der Waals surface area contributed by atoms with Gasteiger partial charge in [0.15, 0.2) is 5.82 Å². The largest absolute Gasteiger partial charge is 0.480 e. The number of amides is 1. The fourth-order valence-electron chi connectivity index (χ4n) is 3.15. The zero-order chi connectivity index (χ0) is 25.2. The molecule has 3 N–H and O–H groups in total. The summed E-state index contributed by atoms with van der Waals surface area (Å²) in [5.74, 6) is -1.68. The van der Waals surface area contributed by atoms with Gasteiger partial charge < -0.3 is 15.7 Å². The van der Waals surface area contributed by atoms with Crippen LogP contribution in [0.4, 0.5) is 17.2 Å². The van der Waals surface area contributed by atoms with Crippen molar-refractivity contribution >= 4 is 52.4 Å². The molecule has 0 radical (unpaired) electrons. The number of carbonyl (C=O) groups excluding carboxylic acids is 1. The Kier molecular flexibility index (Phi) is 7.28. The molecule has 9 nitrogen and oxygen atoms in total. The van der Waals surface area contributed by atoms with Crippen LogP contribution in [-0.4, -0.2) is 33.5 Å². The molecule has 0 unspecified atom stereocenters. The molecule has 1 amide bonds. The maximum Gasteiger partial charge on any atom is 0.326 e. The van der Waals surface area contributed by atoms with Crippen LogP contribution in [-0.2, 0) is 11.2 Å². The summed E-state index contributed by atoms with van der Waals surface area (Å²) in [4.78, 5) is 52.4. The first-order valence-corrected chi connectivity index (χ1v) is 10.9. The molecule has 3 aromatic rings. The van der Waals surface area contributed by atoms with E-state index in [1.54, 1.807) is 24.3 Å². The van der Waals surface area contributed by atoms with Gasteiger partial charge in [-0.3, -0.25) is 14.4 Å². The van der Waals surface area contributed by atoms with Crippen LogP contribution >= 0.6 is 23.4 Å². The summed E-state index contributed by atoms with van der Waals surface area (Å²) in [5.41, 5.74) is -1.12. The molecule has 0 bridgehead atoms. The second-order valence-corrected chi connectivity index (χ2v) is 9.36. The number of hydrogen-bond acceptors (Lipinski definition) is 7. The Morgan fingerprint density at radius 3 is 2.26 bits per heavy atom. The number of nitrogens with one attached hydrogen (secondary N) is 2. The van der Waals surface area contributed by atoms with Gasteiger partial charge in [-0.05, 0) is 50.6 Å². The maximum atomic E-state index is 12.7. The fraction of sp³-hybridized carbons (Fsp3) is 0.261. The van der Waals surface area contributed by atoms with E-state index in [1.807, 2.05) is 20.8 Å². The standard InChI is InChI=1S/C23H22Cl2N4O5/c1-23(2,3)28-17-16(18(30)19(17)31)27-15(22(33)34)11-12-6-8-13(9-7-12)21(32)29(25)20-14(24)5-4-10-26-20/h4-10,15,27-28H,11H2,1-3H3,(H,33,34)/t15-/m0/s1. The van der Waals surface area contributed by atoms with Crippen molar-refractivity contribution in [3.8, 4) is 0 Å². The Morgan fingerprint density at radius 2 is 1.71 bits per heavy atom. The number of aliphatic carboxylic acids is 1. The average Bonchev–Trinajstić information content (AvgIpc) is 2.79. The molecule has 0 saturated carbocycles. The minimum Gasteiger partial charge on any atom is -0.480 e. The molecule has 0 aliphatic carbocycles. The molecular formula is C23H22Cl2N4O5. The van der Waals surface area contributed by atoms with Crippen molar-refractivity contribution < 1.29 is 14.7 Å². The molecule has 2 aromatic carbocycles. The molecule has 1 atom stereocenters. The monoisotopic (exact) mass is 504 g/mol. The highest BCUT2D eigenvalue weighted by Gasteiger charge is 2.29. The van der Waals surface area contributed by atoms with Crippen LogP contribution in [0, 0.1) is 0 Å². The average molecular weight is 505 g/mol. The molecule has 34 heavy (non-hydrogen) atoms. The van der Waals surface area contributed by atoms with Crippen molar-refractivity contribution in [1.82, 2.24) is 4.98 Å². The summed E-state index contributed by atoms with van der Waals surface area (Å²) in [5, 5.41) is 15.4. The van der Waals surface area contributed by atoms with Gasteiger partial charge in [0.25, 0.3) is 16.8 Å². The van der Waals surface area contributed by atoms with E-state index < -0.39 is 34.3 Å². The summed E-state index contributed by atoms with van der Waals surface area (Å²) < 4.78 is 0.800. The quantitative estimate of drug-likeness (QED) is 0.314. The summed E-state index contributed by atoms with van der Waals surface area (Å²) in [6.45, 7) is 5.44. The van der Waals surface area contributed by atoms with E-state index in [0.717, 1.165) is 4.42 Å². The molecular weight excluding hydrogens is 483 g/mol. The second kappa shape index (κ2) is 9.82. The van der Waals surface area contributed by atoms with Gasteiger partial charge in [-0.15, -0.1) is 0 Å². The van der Waals surface area contributed by atoms with E-state index in [2.05, 4.69) is 15.6 Å². The number of rotatable bonds is 8. The normalized spacial score (nSPS) is 12.3. The van der Waals surface area contributed by atoms with Crippen LogP contribution in [0.15, 0.2) is 52.2 Å². The predicted octanol–water partition coefficient (Wildman–Crippen LogP) is 3.45. The third-order valence-electron chi connectivity index (χ3n) is 4.77. The van der Waals surface area contributed by atoms with E-state index >= 15 is 0 Å². The fourth-order valence-corrected chi connectivity index (χ4v) is 3.63. The zero-order valence-electron chi connectivity index (χ0n) is 18.6. The predicted molar refractivity (Wildman–Crippen MR) is 132 cm³/mol. The Balaban J connectivity index is 1.75. The first-order valence-electron chi connectivity index (χ1n) is 10.2. The van der Waals surface area contributed by atoms with Gasteiger partial charge >= 0.3 is 5.97 Å². The number of anilines is 3. The molecule has 0 spiro atoms. The highest BCUT2D eigenvalue weighted by atomic mass is 35.5. The van der Waals surface area contributed by atoms with Crippen LogP contribution in [0.2, 0.25) is 5.02 Å². The number of carboxylic acids is 1. The number of nitrogens with zero attached hydrogens (tertiary/aromatic N) is 2. The lowest BCUT2D eigenvalue weighted by molar-refractivity contribution is -0.137. The first kappa shape index (κ1) is 25.2. The Labute approximate surface area is 205 Å². The van der Waals surface area contributed by atoms with Crippen molar-refractivity contribution in [2.45, 2.75) is 38.8 Å². The van der Waals surface area contributed by atoms with Crippen molar-refractivity contribution in [3.05, 3.63) is 79.2 Å². The summed E-state index contributed by atoms with van der Waals surface area (Å²) in [6, 6.07) is 8.11. The molecule has 0 saturated heterocycles. The molecule has 0 aliphatic rings. The van der Waals surface area contributed by atoms with E-state index in [4.69, 9.17) is 23.4 Å². The number of aromatic nitrogens is 1. The highest BCUT2D eigenvalue weighted by molar-refractivity contribution is 6.42. The van der Waals surface area contributed by atoms with E-state index in [-0.39, 0.29) is 34.2 Å². The number of carboxylic acid groups (broad SMARTS) is 1. The van der Waals surface area contributed by atoms with Gasteiger partial charge in [0, 0.05) is 35.5 Å². The lowest BCUT2D eigenvalue weighted by Crippen LogP contribution is -2.44. The summed E-state index contributed by atoms with van der Waals surface area (Å²) >= 11 is 12.1. The molecule has 1 heterocycles. The van der Waals surface area contributed by atoms with Gasteiger partial charge in [0.1, 0.15) is 17.4 Å². The topological polar surface area (TPSA) is 129 Å². The zero-order valence-corrected chi connectivity index (χ0v) is 20.1. The van der Waals surface area contributed by atoms with Crippen LogP contribution in [0.3, 0.4) is 0 Å². The van der Waals surface area contributed by atoms with Crippen LogP contribution in [0.1, 0.15) is 36.7 Å². The van der Waals surface area contributed by atoms with Crippen molar-refractivity contribution in [2.24, 2.45) is 0 Å². The third-order valence-corrected chi connectivity index (χ3v) is 5.38. The van der Waals surface area contributed by atoms with Crippen molar-refractivity contribution in [1.29, 1.82) is 0 Å². The van der Waals surface area contributed by atoms with Crippen LogP contribution < -0.4 is 25.9 Å². The summed E-state index contributed by atoms with van der Waals surface area (Å²) in [6.07, 6.45) is 1.44. The van der Waals surface area contributed by atoms with Crippen LogP contribution in [0.25, 0.3) is 0 Å². The highest BCUT2D eigenvalue weighted by Crippen LogP contribution is 2.26. The van der Waals surface area contributed by atoms with E-state index in [1.165, 1.54) is 18.3 Å². The molecule has 3 rings (SSSR count). The third kappa shape index (κ3) is 5.55. The SMILES string of the molecule is CC(C)(C)Nc1c(N[C@@H](Cc2ccc(C(=O)N(Cl)c3ncccc3Cl)cc2)C(=O)O)c(=O)c1=O. The minimum atomic E-state index is -1.20. The molecule has 11 heteroatoms. The van der Waals surface area contributed by atoms with E-state index in [0.29, 0.717) is 5.56 Å². The van der Waals surface area contributed by atoms with E-state index in [9.17, 15) is 24.3 Å². The van der Waals surface area contributed by atoms with Gasteiger partial charge in [-0.2, -0.15) is 4.42 Å². The molecule has 1 aromatic heterocycles. The number of pyridine rings is 1. The number of carbonyl (C=O) groups is 2. The molecule has 0 aliphatic heterocycles. The number of halogens is 2. The Morgan fingerprint density at radius 1 is 1.09 bits per heavy atom. The number of hydrogen-bond donors (Lipinski definition) is 3. The van der Waals surface area contributed by atoms with Gasteiger partial charge in [-0.25, -0.2) is 9.78 Å². The first-order chi connectivity index (χ1) is 15.9. The summed E-state index contributed by atoms with van der Waals surface area (Å²) in [7, 11) is 0. The van der Waals surface area contributed by atoms with Gasteiger partial charge in [0.05, 0.1) is 5.02 Å². The van der Waals surface area contributed by atoms with Gasteiger partial charge in [-0.1, -0.05) is 23.7 Å². The van der Waals surface area contributed by atoms with Gasteiger partial charge in [0.2, 0.25) is 0 Å². The smallest absolute Gasteiger partial charge is 0.326 e. The van der Waals surface area contributed by atoms with Crippen molar-refractivity contribution in [2.75, 3.05) is 15.1 Å². The lowest BCUT2D eigenvalue weighted by Gasteiger charge is -2.26. The molecule has 178 valence electrons. The maximum absolute atomic E-state index is 12.7. The minimum absolute atomic E-state index is 0.00572. The number of benzene rings is 1. The lowest BCUT2D eigenvalue weighted by atomic mass is 10.0. The van der Waals surface area contributed by atoms with Crippen molar-refractivity contribution in [3.63, 3.8) is 0 Å². The second-order valence-electron chi connectivity index (χ2n) is 8.61. The molecule has 0 fully saturated rings. The Hall–Kier alpha value is -3.43.